The van der Waals surface area contributed by atoms with Crippen molar-refractivity contribution < 1.29 is 23.3 Å². The molecule has 0 radical (unpaired) electrons. The van der Waals surface area contributed by atoms with Crippen LogP contribution < -0.4 is 0 Å². The predicted molar refractivity (Wildman–Crippen MR) is 88.3 cm³/mol. The van der Waals surface area contributed by atoms with Crippen molar-refractivity contribution in [3.8, 4) is 0 Å². The SMILES string of the molecule is O=C1c2ccc([N+](=O)[O-])cc2C(=O)N1Cc1nc2ccccc2n1C(F)F. The molecule has 136 valence electrons. The average Bonchev–Trinajstić information content (AvgIpc) is 3.12. The fraction of sp³-hybridized carbons (Fsp3) is 0.118. The molecule has 0 atom stereocenters. The van der Waals surface area contributed by atoms with Gasteiger partial charge in [-0.2, -0.15) is 8.78 Å². The van der Waals surface area contributed by atoms with E-state index < -0.39 is 29.8 Å². The highest BCUT2D eigenvalue weighted by molar-refractivity contribution is 6.21. The number of hydrogen-bond donors (Lipinski definition) is 0. The van der Waals surface area contributed by atoms with E-state index in [4.69, 9.17) is 0 Å². The van der Waals surface area contributed by atoms with E-state index in [1.807, 2.05) is 0 Å². The number of benzene rings is 2. The van der Waals surface area contributed by atoms with E-state index in [1.54, 1.807) is 18.2 Å². The molecule has 0 bridgehead atoms. The number of rotatable bonds is 4. The number of halogens is 2. The Morgan fingerprint density at radius 1 is 1.07 bits per heavy atom. The average molecular weight is 372 g/mol. The van der Waals surface area contributed by atoms with E-state index in [0.717, 1.165) is 17.0 Å². The van der Waals surface area contributed by atoms with Crippen LogP contribution in [0, 0.1) is 10.1 Å². The number of aromatic nitrogens is 2. The van der Waals surface area contributed by atoms with Gasteiger partial charge in [-0.25, -0.2) is 4.98 Å². The Balaban J connectivity index is 1.75. The number of imide groups is 1. The van der Waals surface area contributed by atoms with Gasteiger partial charge in [0.25, 0.3) is 17.5 Å². The van der Waals surface area contributed by atoms with Crippen molar-refractivity contribution in [2.45, 2.75) is 13.1 Å². The molecule has 0 N–H and O–H groups in total. The summed E-state index contributed by atoms with van der Waals surface area (Å²) >= 11 is 0. The lowest BCUT2D eigenvalue weighted by molar-refractivity contribution is -0.384. The molecule has 0 unspecified atom stereocenters. The molecule has 8 nitrogen and oxygen atoms in total. The van der Waals surface area contributed by atoms with Crippen molar-refractivity contribution >= 4 is 28.5 Å². The van der Waals surface area contributed by atoms with Crippen LogP contribution in [0.5, 0.6) is 0 Å². The van der Waals surface area contributed by atoms with Crippen molar-refractivity contribution in [2.75, 3.05) is 0 Å². The summed E-state index contributed by atoms with van der Waals surface area (Å²) in [7, 11) is 0. The summed E-state index contributed by atoms with van der Waals surface area (Å²) in [4.78, 5) is 40.1. The third kappa shape index (κ3) is 2.53. The lowest BCUT2D eigenvalue weighted by Gasteiger charge is -2.14. The van der Waals surface area contributed by atoms with Crippen molar-refractivity contribution in [2.24, 2.45) is 0 Å². The molecule has 2 aromatic carbocycles. The molecule has 1 aliphatic rings. The van der Waals surface area contributed by atoms with Crippen LogP contribution in [0.1, 0.15) is 33.1 Å². The first-order valence-corrected chi connectivity index (χ1v) is 7.77. The second-order valence-corrected chi connectivity index (χ2v) is 5.85. The Morgan fingerprint density at radius 3 is 2.48 bits per heavy atom. The summed E-state index contributed by atoms with van der Waals surface area (Å²) in [6.07, 6.45) is 0. The fourth-order valence-electron chi connectivity index (χ4n) is 3.10. The molecule has 4 rings (SSSR count). The maximum Gasteiger partial charge on any atom is 0.320 e. The number of carbonyl (C=O) groups is 2. The number of alkyl halides is 2. The van der Waals surface area contributed by atoms with Crippen molar-refractivity contribution in [3.63, 3.8) is 0 Å². The van der Waals surface area contributed by atoms with Crippen molar-refractivity contribution in [3.05, 3.63) is 69.5 Å². The van der Waals surface area contributed by atoms with Crippen LogP contribution in [0.2, 0.25) is 0 Å². The number of nitrogens with zero attached hydrogens (tertiary/aromatic N) is 4. The first-order valence-electron chi connectivity index (χ1n) is 7.77. The fourth-order valence-corrected chi connectivity index (χ4v) is 3.10. The monoisotopic (exact) mass is 372 g/mol. The zero-order chi connectivity index (χ0) is 19.3. The molecule has 27 heavy (non-hydrogen) atoms. The van der Waals surface area contributed by atoms with E-state index in [9.17, 15) is 28.5 Å². The van der Waals surface area contributed by atoms with E-state index >= 15 is 0 Å². The quantitative estimate of drug-likeness (QED) is 0.398. The van der Waals surface area contributed by atoms with E-state index in [-0.39, 0.29) is 28.2 Å². The number of fused-ring (bicyclic) bond motifs is 2. The molecule has 2 heterocycles. The molecule has 1 aliphatic heterocycles. The smallest absolute Gasteiger partial charge is 0.269 e. The Bertz CT molecular complexity index is 1130. The van der Waals surface area contributed by atoms with Crippen molar-refractivity contribution in [1.29, 1.82) is 0 Å². The third-order valence-corrected chi connectivity index (χ3v) is 4.33. The summed E-state index contributed by atoms with van der Waals surface area (Å²) in [6, 6.07) is 9.52. The molecule has 0 aliphatic carbocycles. The van der Waals surface area contributed by atoms with Crippen LogP contribution >= 0.6 is 0 Å². The Morgan fingerprint density at radius 2 is 1.78 bits per heavy atom. The standard InChI is InChI=1S/C17H10F2N4O4/c18-17(19)22-13-4-2-1-3-12(13)20-14(22)8-21-15(24)10-6-5-9(23(26)27)7-11(10)16(21)25/h1-7,17H,8H2. The van der Waals surface area contributed by atoms with Crippen molar-refractivity contribution in [1.82, 2.24) is 14.5 Å². The minimum atomic E-state index is -2.91. The highest BCUT2D eigenvalue weighted by Gasteiger charge is 2.38. The molecular weight excluding hydrogens is 362 g/mol. The second kappa shape index (κ2) is 5.94. The minimum Gasteiger partial charge on any atom is -0.269 e. The Hall–Kier alpha value is -3.69. The van der Waals surface area contributed by atoms with Gasteiger partial charge < -0.3 is 0 Å². The molecule has 0 saturated carbocycles. The van der Waals surface area contributed by atoms with Gasteiger partial charge in [-0.15, -0.1) is 0 Å². The first-order chi connectivity index (χ1) is 12.9. The number of para-hydroxylation sites is 2. The van der Waals surface area contributed by atoms with Gasteiger partial charge in [0.15, 0.2) is 0 Å². The second-order valence-electron chi connectivity index (χ2n) is 5.85. The summed E-state index contributed by atoms with van der Waals surface area (Å²) in [5.74, 6) is -1.65. The van der Waals surface area contributed by atoms with Crippen LogP contribution in [0.15, 0.2) is 42.5 Å². The minimum absolute atomic E-state index is 0.00897. The molecule has 0 spiro atoms. The number of hydrogen-bond acceptors (Lipinski definition) is 5. The van der Waals surface area contributed by atoms with E-state index in [2.05, 4.69) is 4.98 Å². The predicted octanol–water partition coefficient (Wildman–Crippen LogP) is 3.14. The van der Waals surface area contributed by atoms with Crippen LogP contribution in [-0.4, -0.2) is 31.2 Å². The highest BCUT2D eigenvalue weighted by Crippen LogP contribution is 2.30. The molecule has 10 heteroatoms. The molecule has 0 fully saturated rings. The van der Waals surface area contributed by atoms with Gasteiger partial charge in [-0.05, 0) is 18.2 Å². The highest BCUT2D eigenvalue weighted by atomic mass is 19.3. The molecular formula is C17H10F2N4O4. The Kier molecular flexibility index (Phi) is 3.69. The lowest BCUT2D eigenvalue weighted by atomic mass is 10.1. The van der Waals surface area contributed by atoms with Gasteiger partial charge >= 0.3 is 6.55 Å². The molecule has 0 saturated heterocycles. The number of imidazole rings is 1. The largest absolute Gasteiger partial charge is 0.320 e. The summed E-state index contributed by atoms with van der Waals surface area (Å²) in [6.45, 7) is -3.39. The van der Waals surface area contributed by atoms with E-state index in [1.165, 1.54) is 12.1 Å². The number of non-ortho nitro benzene ring substituents is 1. The Labute approximate surface area is 149 Å². The number of nitro groups is 1. The van der Waals surface area contributed by atoms with E-state index in [0.29, 0.717) is 10.1 Å². The molecule has 2 amide bonds. The van der Waals surface area contributed by atoms with Crippen LogP contribution in [0.3, 0.4) is 0 Å². The third-order valence-electron chi connectivity index (χ3n) is 4.33. The van der Waals surface area contributed by atoms with Gasteiger partial charge in [0.2, 0.25) is 0 Å². The molecule has 1 aromatic heterocycles. The first kappa shape index (κ1) is 16.8. The maximum absolute atomic E-state index is 13.5. The summed E-state index contributed by atoms with van der Waals surface area (Å²) < 4.78 is 27.7. The maximum atomic E-state index is 13.5. The number of carbonyl (C=O) groups excluding carboxylic acids is 2. The molecule has 3 aromatic rings. The van der Waals surface area contributed by atoms with Gasteiger partial charge in [-0.1, -0.05) is 12.1 Å². The lowest BCUT2D eigenvalue weighted by Crippen LogP contribution is -2.30. The topological polar surface area (TPSA) is 98.3 Å². The number of nitro benzene ring substituents is 1. The summed E-state index contributed by atoms with van der Waals surface area (Å²) in [5.41, 5.74) is 0.00517. The van der Waals surface area contributed by atoms with Gasteiger partial charge in [-0.3, -0.25) is 29.2 Å². The van der Waals surface area contributed by atoms with Crippen LogP contribution in [-0.2, 0) is 6.54 Å². The van der Waals surface area contributed by atoms with Gasteiger partial charge in [0.1, 0.15) is 5.82 Å². The summed E-state index contributed by atoms with van der Waals surface area (Å²) in [5, 5.41) is 10.9. The number of amides is 2. The van der Waals surface area contributed by atoms with Crippen LogP contribution in [0.25, 0.3) is 11.0 Å². The zero-order valence-electron chi connectivity index (χ0n) is 13.5. The van der Waals surface area contributed by atoms with Crippen LogP contribution in [0.4, 0.5) is 14.5 Å². The van der Waals surface area contributed by atoms with Gasteiger partial charge in [0, 0.05) is 12.1 Å². The zero-order valence-corrected chi connectivity index (χ0v) is 13.5. The normalized spacial score (nSPS) is 13.7. The van der Waals surface area contributed by atoms with Gasteiger partial charge in [0.05, 0.1) is 33.6 Å².